The summed E-state index contributed by atoms with van der Waals surface area (Å²) in [6, 6.07) is 0. The molecule has 216 valence electrons. The Balaban J connectivity index is 1.29. The van der Waals surface area contributed by atoms with Crippen molar-refractivity contribution in [1.82, 2.24) is 24.4 Å². The third-order valence-electron chi connectivity index (χ3n) is 6.88. The number of carbonyl (C=O) groups is 1. The molecule has 4 saturated heterocycles. The van der Waals surface area contributed by atoms with E-state index in [9.17, 15) is 29.0 Å². The number of piperidine rings is 3. The molecular weight excluding hydrogens is 586 g/mol. The van der Waals surface area contributed by atoms with Crippen LogP contribution in [-0.2, 0) is 23.1 Å². The first-order chi connectivity index (χ1) is 18.3. The number of hydrogen-bond donors (Lipinski definition) is 6. The van der Waals surface area contributed by atoms with Gasteiger partial charge < -0.3 is 38.9 Å². The van der Waals surface area contributed by atoms with Crippen LogP contribution in [0.25, 0.3) is 11.2 Å². The molecule has 2 bridgehead atoms. The zero-order valence-electron chi connectivity index (χ0n) is 20.2. The Hall–Kier alpha value is -1.75. The van der Waals surface area contributed by atoms with Crippen LogP contribution >= 0.6 is 26.8 Å². The molecule has 6 atom stereocenters. The first kappa shape index (κ1) is 28.8. The van der Waals surface area contributed by atoms with Crippen LogP contribution in [0.1, 0.15) is 19.1 Å². The molecule has 4 fully saturated rings. The number of anilines is 1. The predicted molar refractivity (Wildman–Crippen MR) is 132 cm³/mol. The zero-order chi connectivity index (χ0) is 28.1. The number of aromatic nitrogens is 4. The molecule has 6 N–H and O–H groups in total. The molecule has 0 radical (unpaired) electrons. The maximum atomic E-state index is 12.7. The van der Waals surface area contributed by atoms with Crippen LogP contribution in [0.3, 0.4) is 0 Å². The summed E-state index contributed by atoms with van der Waals surface area (Å²) in [5.41, 5.74) is 0.108. The fourth-order valence-electron chi connectivity index (χ4n) is 5.03. The summed E-state index contributed by atoms with van der Waals surface area (Å²) in [5, 5.41) is 23.3. The van der Waals surface area contributed by atoms with E-state index in [4.69, 9.17) is 35.4 Å². The number of halogens is 1. The van der Waals surface area contributed by atoms with E-state index in [1.807, 2.05) is 0 Å². The van der Waals surface area contributed by atoms with Crippen molar-refractivity contribution in [2.24, 2.45) is 5.92 Å². The monoisotopic (exact) mass is 612 g/mol. The summed E-state index contributed by atoms with van der Waals surface area (Å²) < 4.78 is 40.1. The molecule has 0 aromatic carbocycles. The minimum atomic E-state index is -4.86. The molecule has 6 unspecified atom stereocenters. The summed E-state index contributed by atoms with van der Waals surface area (Å²) in [6.07, 6.45) is -3.78. The molecule has 4 aliphatic rings. The second kappa shape index (κ2) is 10.9. The van der Waals surface area contributed by atoms with Crippen molar-refractivity contribution in [3.05, 3.63) is 11.6 Å². The van der Waals surface area contributed by atoms with Crippen LogP contribution in [0.15, 0.2) is 6.33 Å². The van der Waals surface area contributed by atoms with E-state index < -0.39 is 58.3 Å². The number of ether oxygens (including phenoxy) is 2. The predicted octanol–water partition coefficient (Wildman–Crippen LogP) is 0.0788. The number of amides is 1. The lowest BCUT2D eigenvalue weighted by molar-refractivity contribution is -0.0483. The number of fused-ring (bicyclic) bond motifs is 4. The van der Waals surface area contributed by atoms with Crippen LogP contribution in [0.5, 0.6) is 0 Å². The molecule has 0 saturated carbocycles. The maximum absolute atomic E-state index is 12.7. The average molecular weight is 613 g/mol. The van der Waals surface area contributed by atoms with E-state index in [1.54, 1.807) is 0 Å². The van der Waals surface area contributed by atoms with Crippen LogP contribution in [0.2, 0.25) is 5.28 Å². The smallest absolute Gasteiger partial charge is 0.413 e. The van der Waals surface area contributed by atoms with Gasteiger partial charge in [0.2, 0.25) is 5.28 Å². The highest BCUT2D eigenvalue weighted by molar-refractivity contribution is 7.70. The number of hydrogen-bond acceptors (Lipinski definition) is 12. The average Bonchev–Trinajstić information content (AvgIpc) is 3.38. The summed E-state index contributed by atoms with van der Waals surface area (Å²) in [4.78, 5) is 54.7. The van der Waals surface area contributed by atoms with Crippen LogP contribution in [0.4, 0.5) is 10.6 Å². The molecular formula is C19H27ClN6O11P2. The highest BCUT2D eigenvalue weighted by atomic mass is 35.5. The Labute approximate surface area is 225 Å². The third kappa shape index (κ3) is 6.44. The molecule has 6 rings (SSSR count). The van der Waals surface area contributed by atoms with Crippen molar-refractivity contribution in [1.29, 1.82) is 0 Å². The molecule has 0 spiro atoms. The number of nitrogens with one attached hydrogen (secondary N) is 1. The van der Waals surface area contributed by atoms with Gasteiger partial charge in [0.1, 0.15) is 24.4 Å². The summed E-state index contributed by atoms with van der Waals surface area (Å²) in [5.74, 6) is -1.19. The van der Waals surface area contributed by atoms with Gasteiger partial charge in [0, 0.05) is 6.54 Å². The Morgan fingerprint density at radius 2 is 1.90 bits per heavy atom. The Morgan fingerprint density at radius 3 is 2.54 bits per heavy atom. The van der Waals surface area contributed by atoms with E-state index in [2.05, 4.69) is 25.2 Å². The fraction of sp³-hybridized carbons (Fsp3) is 0.684. The van der Waals surface area contributed by atoms with Crippen molar-refractivity contribution in [2.75, 3.05) is 37.5 Å². The van der Waals surface area contributed by atoms with Gasteiger partial charge in [0.15, 0.2) is 29.1 Å². The number of carbonyl (C=O) groups excluding carboxylic acids is 1. The largest absolute Gasteiger partial charge is 0.444 e. The molecule has 17 nitrogen and oxygen atoms in total. The van der Waals surface area contributed by atoms with Gasteiger partial charge >= 0.3 is 21.3 Å². The van der Waals surface area contributed by atoms with E-state index in [0.717, 1.165) is 25.9 Å². The quantitative estimate of drug-likeness (QED) is 0.171. The number of aliphatic hydroxyl groups is 2. The number of rotatable bonds is 8. The van der Waals surface area contributed by atoms with Gasteiger partial charge in [-0.05, 0) is 43.5 Å². The minimum Gasteiger partial charge on any atom is -0.444 e. The molecule has 2 aromatic rings. The number of imidazole rings is 1. The molecule has 6 heterocycles. The van der Waals surface area contributed by atoms with E-state index >= 15 is 0 Å². The van der Waals surface area contributed by atoms with Gasteiger partial charge in [-0.15, -0.1) is 0 Å². The summed E-state index contributed by atoms with van der Waals surface area (Å²) in [7, 11) is -9.58. The SMILES string of the molecule is O=C(Nc1nc(Cl)nc2c1ncn2C1OC(COP(=O)(O)CP(=O)(O)O)C(O)C1O)OC1CN2CCC1CC2. The number of nitrogens with zero attached hydrogens (tertiary/aromatic N) is 5. The Kier molecular flexibility index (Phi) is 8.05. The van der Waals surface area contributed by atoms with Gasteiger partial charge in [0.25, 0.3) is 0 Å². The molecule has 39 heavy (non-hydrogen) atoms. The van der Waals surface area contributed by atoms with Gasteiger partial charge in [-0.3, -0.25) is 23.9 Å². The summed E-state index contributed by atoms with van der Waals surface area (Å²) in [6.45, 7) is 1.86. The molecule has 2 aromatic heterocycles. The van der Waals surface area contributed by atoms with E-state index in [0.29, 0.717) is 6.54 Å². The second-order valence-electron chi connectivity index (χ2n) is 9.66. The van der Waals surface area contributed by atoms with Gasteiger partial charge in [-0.1, -0.05) is 0 Å². The second-order valence-corrected chi connectivity index (χ2v) is 14.0. The Morgan fingerprint density at radius 1 is 1.18 bits per heavy atom. The summed E-state index contributed by atoms with van der Waals surface area (Å²) >= 11 is 6.08. The normalized spacial score (nSPS) is 32.3. The maximum Gasteiger partial charge on any atom is 0.413 e. The highest BCUT2D eigenvalue weighted by Gasteiger charge is 2.46. The lowest BCUT2D eigenvalue weighted by atomic mass is 9.86. The highest BCUT2D eigenvalue weighted by Crippen LogP contribution is 2.55. The van der Waals surface area contributed by atoms with Crippen LogP contribution in [-0.4, -0.2) is 112 Å². The molecule has 4 aliphatic heterocycles. The topological polar surface area (TPSA) is 239 Å². The molecule has 0 aliphatic carbocycles. The zero-order valence-corrected chi connectivity index (χ0v) is 22.7. The van der Waals surface area contributed by atoms with Crippen molar-refractivity contribution in [3.63, 3.8) is 0 Å². The van der Waals surface area contributed by atoms with E-state index in [-0.39, 0.29) is 34.3 Å². The van der Waals surface area contributed by atoms with Crippen molar-refractivity contribution < 1.29 is 52.8 Å². The lowest BCUT2D eigenvalue weighted by Crippen LogP contribution is -2.52. The Bertz CT molecular complexity index is 1330. The van der Waals surface area contributed by atoms with Crippen LogP contribution < -0.4 is 5.32 Å². The standard InChI is InChI=1S/C19H27ClN6O11P2/c20-18-22-15(23-19(29)37-10-5-25-3-1-9(10)2-4-25)12-16(24-18)26(7-21-12)17-14(28)13(27)11(36-17)6-35-39(33,34)8-38(30,31)32/h7,9-11,13-14,17,27-28H,1-6,8H2,(H,33,34)(H2,30,31,32)(H,22,23,24,29). The van der Waals surface area contributed by atoms with Crippen molar-refractivity contribution in [2.45, 2.75) is 43.5 Å². The third-order valence-corrected chi connectivity index (χ3v) is 10.5. The molecule has 1 amide bonds. The first-order valence-electron chi connectivity index (χ1n) is 11.9. The molecule has 20 heteroatoms. The van der Waals surface area contributed by atoms with Crippen molar-refractivity contribution in [3.8, 4) is 0 Å². The van der Waals surface area contributed by atoms with Crippen molar-refractivity contribution >= 4 is 49.9 Å². The van der Waals surface area contributed by atoms with E-state index in [1.165, 1.54) is 10.9 Å². The van der Waals surface area contributed by atoms with Gasteiger partial charge in [-0.25, -0.2) is 9.78 Å². The fourth-order valence-corrected chi connectivity index (χ4v) is 7.77. The van der Waals surface area contributed by atoms with Crippen LogP contribution in [0, 0.1) is 5.92 Å². The van der Waals surface area contributed by atoms with Gasteiger partial charge in [0.05, 0.1) is 12.9 Å². The minimum absolute atomic E-state index is 0.0280. The number of aliphatic hydroxyl groups excluding tert-OH is 2. The first-order valence-corrected chi connectivity index (χ1v) is 15.9. The van der Waals surface area contributed by atoms with Gasteiger partial charge in [-0.2, -0.15) is 9.97 Å². The lowest BCUT2D eigenvalue weighted by Gasteiger charge is -2.43.